The highest BCUT2D eigenvalue weighted by atomic mass is 16.6. The molecule has 0 aromatic heterocycles. The van der Waals surface area contributed by atoms with Crippen LogP contribution in [0, 0.1) is 0 Å². The van der Waals surface area contributed by atoms with Gasteiger partial charge < -0.3 is 25.2 Å². The van der Waals surface area contributed by atoms with Gasteiger partial charge in [0.25, 0.3) is 0 Å². The molecule has 1 unspecified atom stereocenters. The van der Waals surface area contributed by atoms with Gasteiger partial charge in [-0.05, 0) is 6.92 Å². The summed E-state index contributed by atoms with van der Waals surface area (Å²) >= 11 is 0. The molecule has 6 heteroatoms. The summed E-state index contributed by atoms with van der Waals surface area (Å²) in [6, 6.07) is 0. The summed E-state index contributed by atoms with van der Waals surface area (Å²) in [7, 11) is 0. The Labute approximate surface area is 80.7 Å². The number of aliphatic hydroxyl groups excluding tert-OH is 3. The van der Waals surface area contributed by atoms with Gasteiger partial charge in [-0.15, -0.1) is 0 Å². The molecule has 0 saturated carbocycles. The van der Waals surface area contributed by atoms with Gasteiger partial charge in [0.2, 0.25) is 5.79 Å². The van der Waals surface area contributed by atoms with Gasteiger partial charge in [-0.1, -0.05) is 0 Å². The predicted octanol–water partition coefficient (Wildman–Crippen LogP) is -2.23. The van der Waals surface area contributed by atoms with Crippen LogP contribution >= 0.6 is 0 Å². The lowest BCUT2D eigenvalue weighted by Crippen LogP contribution is -2.61. The second kappa shape index (κ2) is 3.92. The first-order valence-electron chi connectivity index (χ1n) is 4.27. The summed E-state index contributed by atoms with van der Waals surface area (Å²) in [5, 5.41) is 37.3. The number of Topliss-reactive ketones (excluding diaryl/α,β-unsaturated/α-hetero) is 1. The van der Waals surface area contributed by atoms with Crippen molar-refractivity contribution in [2.24, 2.45) is 0 Å². The molecule has 0 aromatic rings. The third-order valence-corrected chi connectivity index (χ3v) is 2.19. The fraction of sp³-hybridized carbons (Fsp3) is 0.875. The molecule has 0 spiro atoms. The number of hydrogen-bond acceptors (Lipinski definition) is 6. The van der Waals surface area contributed by atoms with Crippen LogP contribution < -0.4 is 0 Å². The van der Waals surface area contributed by atoms with Gasteiger partial charge in [0, 0.05) is 0 Å². The maximum atomic E-state index is 10.8. The second-order valence-corrected chi connectivity index (χ2v) is 3.54. The number of ether oxygens (including phenoxy) is 1. The minimum atomic E-state index is -2.09. The van der Waals surface area contributed by atoms with Crippen molar-refractivity contribution in [3.63, 3.8) is 0 Å². The highest BCUT2D eigenvalue weighted by Gasteiger charge is 2.48. The van der Waals surface area contributed by atoms with E-state index in [1.807, 2.05) is 0 Å². The van der Waals surface area contributed by atoms with E-state index in [1.54, 1.807) is 0 Å². The lowest BCUT2D eigenvalue weighted by Gasteiger charge is -2.41. The molecule has 0 amide bonds. The number of aliphatic hydroxyl groups is 4. The van der Waals surface area contributed by atoms with Gasteiger partial charge in [-0.25, -0.2) is 0 Å². The third kappa shape index (κ3) is 2.10. The monoisotopic (exact) mass is 206 g/mol. The fourth-order valence-electron chi connectivity index (χ4n) is 1.40. The summed E-state index contributed by atoms with van der Waals surface area (Å²) in [5.74, 6) is -2.47. The Morgan fingerprint density at radius 3 is 2.57 bits per heavy atom. The maximum Gasteiger partial charge on any atom is 0.201 e. The first-order valence-corrected chi connectivity index (χ1v) is 4.27. The minimum Gasteiger partial charge on any atom is -0.388 e. The number of hydrogen-bond donors (Lipinski definition) is 4. The Balaban J connectivity index is 2.74. The van der Waals surface area contributed by atoms with E-state index in [2.05, 4.69) is 0 Å². The van der Waals surface area contributed by atoms with Crippen LogP contribution in [0.4, 0.5) is 0 Å². The highest BCUT2D eigenvalue weighted by Crippen LogP contribution is 2.26. The fourth-order valence-corrected chi connectivity index (χ4v) is 1.40. The van der Waals surface area contributed by atoms with Crippen molar-refractivity contribution in [1.29, 1.82) is 0 Å². The van der Waals surface area contributed by atoms with Crippen LogP contribution in [-0.2, 0) is 9.53 Å². The van der Waals surface area contributed by atoms with Crippen LogP contribution in [0.5, 0.6) is 0 Å². The lowest BCUT2D eigenvalue weighted by atomic mass is 9.93. The molecule has 0 radical (unpaired) electrons. The Morgan fingerprint density at radius 2 is 2.07 bits per heavy atom. The Kier molecular flexibility index (Phi) is 3.23. The lowest BCUT2D eigenvalue weighted by molar-refractivity contribution is -0.319. The SMILES string of the molecule is CC(=O)CC1(O)OC[C@@H](O)[C@H](O)[C@H]1O. The van der Waals surface area contributed by atoms with E-state index in [9.17, 15) is 20.1 Å². The average molecular weight is 206 g/mol. The van der Waals surface area contributed by atoms with Crippen molar-refractivity contribution in [1.82, 2.24) is 0 Å². The van der Waals surface area contributed by atoms with Gasteiger partial charge in [0.05, 0.1) is 13.0 Å². The molecule has 1 aliphatic rings. The van der Waals surface area contributed by atoms with Crippen LogP contribution in [0.25, 0.3) is 0 Å². The van der Waals surface area contributed by atoms with Crippen LogP contribution in [0.1, 0.15) is 13.3 Å². The van der Waals surface area contributed by atoms with Crippen LogP contribution in [-0.4, -0.2) is 56.9 Å². The highest BCUT2D eigenvalue weighted by molar-refractivity contribution is 5.76. The second-order valence-electron chi connectivity index (χ2n) is 3.54. The standard InChI is InChI=1S/C8H14O6/c1-4(9)2-8(13)7(12)6(11)5(10)3-14-8/h5-7,10-13H,2-3H2,1H3/t5-,6+,7-,8?/m1/s1. The van der Waals surface area contributed by atoms with Crippen molar-refractivity contribution in [2.45, 2.75) is 37.4 Å². The molecule has 0 aromatic carbocycles. The predicted molar refractivity (Wildman–Crippen MR) is 44.2 cm³/mol. The normalized spacial score (nSPS) is 43.6. The average Bonchev–Trinajstić information content (AvgIpc) is 2.08. The van der Waals surface area contributed by atoms with E-state index in [1.165, 1.54) is 6.92 Å². The quantitative estimate of drug-likeness (QED) is 0.407. The molecule has 4 atom stereocenters. The van der Waals surface area contributed by atoms with Crippen LogP contribution in [0.3, 0.4) is 0 Å². The number of ketones is 1. The molecular weight excluding hydrogens is 192 g/mol. The summed E-state index contributed by atoms with van der Waals surface area (Å²) in [5.41, 5.74) is 0. The van der Waals surface area contributed by atoms with Crippen molar-refractivity contribution in [3.8, 4) is 0 Å². The molecule has 1 heterocycles. The molecule has 6 nitrogen and oxygen atoms in total. The number of carbonyl (C=O) groups is 1. The van der Waals surface area contributed by atoms with Gasteiger partial charge in [-0.2, -0.15) is 0 Å². The smallest absolute Gasteiger partial charge is 0.201 e. The van der Waals surface area contributed by atoms with E-state index >= 15 is 0 Å². The van der Waals surface area contributed by atoms with E-state index in [4.69, 9.17) is 9.84 Å². The molecule has 1 saturated heterocycles. The van der Waals surface area contributed by atoms with Gasteiger partial charge in [-0.3, -0.25) is 4.79 Å². The van der Waals surface area contributed by atoms with Gasteiger partial charge >= 0.3 is 0 Å². The van der Waals surface area contributed by atoms with E-state index in [0.717, 1.165) is 0 Å². The Morgan fingerprint density at radius 1 is 1.50 bits per heavy atom. The van der Waals surface area contributed by atoms with E-state index < -0.39 is 30.5 Å². The Bertz CT molecular complexity index is 230. The molecular formula is C8H14O6. The molecule has 0 bridgehead atoms. The zero-order chi connectivity index (χ0) is 10.9. The first kappa shape index (κ1) is 11.5. The van der Waals surface area contributed by atoms with E-state index in [-0.39, 0.29) is 12.4 Å². The van der Waals surface area contributed by atoms with Crippen molar-refractivity contribution < 1.29 is 30.0 Å². The zero-order valence-electron chi connectivity index (χ0n) is 7.75. The molecule has 1 rings (SSSR count). The summed E-state index contributed by atoms with van der Waals surface area (Å²) in [6.45, 7) is 0.910. The summed E-state index contributed by atoms with van der Waals surface area (Å²) < 4.78 is 4.75. The summed E-state index contributed by atoms with van der Waals surface area (Å²) in [6.07, 6.45) is -4.86. The zero-order valence-corrected chi connectivity index (χ0v) is 7.75. The molecule has 1 aliphatic heterocycles. The third-order valence-electron chi connectivity index (χ3n) is 2.19. The number of rotatable bonds is 2. The van der Waals surface area contributed by atoms with Crippen LogP contribution in [0.15, 0.2) is 0 Å². The van der Waals surface area contributed by atoms with Crippen molar-refractivity contribution in [3.05, 3.63) is 0 Å². The maximum absolute atomic E-state index is 10.8. The van der Waals surface area contributed by atoms with Crippen molar-refractivity contribution >= 4 is 5.78 Å². The van der Waals surface area contributed by atoms with Gasteiger partial charge in [0.15, 0.2) is 0 Å². The van der Waals surface area contributed by atoms with Gasteiger partial charge in [0.1, 0.15) is 24.1 Å². The first-order chi connectivity index (χ1) is 6.37. The molecule has 82 valence electrons. The Hall–Kier alpha value is -0.530. The largest absolute Gasteiger partial charge is 0.388 e. The van der Waals surface area contributed by atoms with E-state index in [0.29, 0.717) is 0 Å². The van der Waals surface area contributed by atoms with Crippen LogP contribution in [0.2, 0.25) is 0 Å². The number of carbonyl (C=O) groups excluding carboxylic acids is 1. The molecule has 4 N–H and O–H groups in total. The summed E-state index contributed by atoms with van der Waals surface area (Å²) in [4.78, 5) is 10.8. The minimum absolute atomic E-state index is 0.317. The van der Waals surface area contributed by atoms with Crippen molar-refractivity contribution in [2.75, 3.05) is 6.61 Å². The molecule has 1 fully saturated rings. The topological polar surface area (TPSA) is 107 Å². The molecule has 0 aliphatic carbocycles. The molecule has 14 heavy (non-hydrogen) atoms.